The fraction of sp³-hybridized carbons (Fsp3) is 0.333. The van der Waals surface area contributed by atoms with Crippen LogP contribution >= 0.6 is 0 Å². The average molecular weight is 354 g/mol. The summed E-state index contributed by atoms with van der Waals surface area (Å²) < 4.78 is 14.8. The number of carbonyl (C=O) groups is 1. The summed E-state index contributed by atoms with van der Waals surface area (Å²) in [5, 5.41) is 14.9. The summed E-state index contributed by atoms with van der Waals surface area (Å²) in [5.41, 5.74) is 3.01. The minimum atomic E-state index is -0.268. The van der Waals surface area contributed by atoms with Gasteiger partial charge in [-0.15, -0.1) is 5.10 Å². The maximum atomic E-state index is 13.0. The quantitative estimate of drug-likeness (QED) is 0.762. The molecular weight excluding hydrogens is 335 g/mol. The number of nitrogens with one attached hydrogen (secondary N) is 1. The maximum Gasteiger partial charge on any atom is 0.272 e. The predicted molar refractivity (Wildman–Crippen MR) is 92.8 cm³/mol. The summed E-state index contributed by atoms with van der Waals surface area (Å²) in [6, 6.07) is 6.21. The number of aromatic nitrogens is 5. The monoisotopic (exact) mass is 354 g/mol. The Morgan fingerprint density at radius 2 is 2.08 bits per heavy atom. The zero-order valence-electron chi connectivity index (χ0n) is 14.4. The van der Waals surface area contributed by atoms with E-state index < -0.39 is 0 Å². The second kappa shape index (κ2) is 6.70. The first-order valence-electron chi connectivity index (χ1n) is 8.55. The number of aromatic amines is 1. The predicted octanol–water partition coefficient (Wildman–Crippen LogP) is 2.28. The van der Waals surface area contributed by atoms with Crippen molar-refractivity contribution in [1.29, 1.82) is 0 Å². The highest BCUT2D eigenvalue weighted by atomic mass is 19.1. The Balaban J connectivity index is 1.28. The van der Waals surface area contributed by atoms with Crippen LogP contribution in [0.4, 0.5) is 4.39 Å². The van der Waals surface area contributed by atoms with Gasteiger partial charge in [0.1, 0.15) is 17.2 Å². The van der Waals surface area contributed by atoms with E-state index in [1.54, 1.807) is 23.0 Å². The summed E-state index contributed by atoms with van der Waals surface area (Å²) in [7, 11) is 0. The van der Waals surface area contributed by atoms with Crippen LogP contribution in [0.1, 0.15) is 22.5 Å². The molecule has 26 heavy (non-hydrogen) atoms. The third-order valence-electron chi connectivity index (χ3n) is 4.73. The number of rotatable bonds is 5. The molecule has 1 saturated heterocycles. The van der Waals surface area contributed by atoms with E-state index >= 15 is 0 Å². The Hall–Kier alpha value is -3.03. The number of hydrogen-bond acceptors (Lipinski definition) is 4. The Morgan fingerprint density at radius 3 is 2.77 bits per heavy atom. The van der Waals surface area contributed by atoms with Gasteiger partial charge in [-0.1, -0.05) is 5.21 Å². The van der Waals surface area contributed by atoms with Crippen molar-refractivity contribution < 1.29 is 9.18 Å². The van der Waals surface area contributed by atoms with Crippen molar-refractivity contribution >= 4 is 5.91 Å². The second-order valence-corrected chi connectivity index (χ2v) is 6.67. The Labute approximate surface area is 149 Å². The number of nitrogens with zero attached hydrogens (tertiary/aromatic N) is 5. The lowest BCUT2D eigenvalue weighted by molar-refractivity contribution is 0.0468. The molecule has 1 aliphatic heterocycles. The number of benzene rings is 1. The van der Waals surface area contributed by atoms with Gasteiger partial charge in [-0.25, -0.2) is 4.39 Å². The molecule has 4 rings (SSSR count). The van der Waals surface area contributed by atoms with Gasteiger partial charge in [0, 0.05) is 25.2 Å². The molecule has 8 heteroatoms. The molecule has 0 spiro atoms. The van der Waals surface area contributed by atoms with Crippen molar-refractivity contribution in [2.24, 2.45) is 5.92 Å². The first-order chi connectivity index (χ1) is 12.6. The van der Waals surface area contributed by atoms with E-state index in [4.69, 9.17) is 0 Å². The number of likely N-dealkylation sites (tertiary alicyclic amines) is 1. The number of carbonyl (C=O) groups excluding carboxylic acids is 1. The maximum absolute atomic E-state index is 13.0. The Bertz CT molecular complexity index is 910. The molecule has 1 aromatic carbocycles. The van der Waals surface area contributed by atoms with Gasteiger partial charge < -0.3 is 4.90 Å². The van der Waals surface area contributed by atoms with Crippen molar-refractivity contribution in [2.75, 3.05) is 13.1 Å². The first-order valence-corrected chi connectivity index (χ1v) is 8.55. The van der Waals surface area contributed by atoms with Gasteiger partial charge in [0.15, 0.2) is 0 Å². The van der Waals surface area contributed by atoms with Crippen LogP contribution in [0.5, 0.6) is 0 Å². The van der Waals surface area contributed by atoms with Crippen molar-refractivity contribution in [3.05, 3.63) is 53.7 Å². The Kier molecular flexibility index (Phi) is 4.24. The molecule has 3 aromatic rings. The molecule has 0 aliphatic carbocycles. The van der Waals surface area contributed by atoms with Gasteiger partial charge in [-0.2, -0.15) is 5.10 Å². The lowest BCUT2D eigenvalue weighted by Gasteiger charge is -2.39. The van der Waals surface area contributed by atoms with Crippen molar-refractivity contribution in [2.45, 2.75) is 19.9 Å². The first kappa shape index (κ1) is 16.4. The van der Waals surface area contributed by atoms with E-state index in [9.17, 15) is 9.18 Å². The van der Waals surface area contributed by atoms with Crippen LogP contribution in [0, 0.1) is 18.7 Å². The molecule has 7 nitrogen and oxygen atoms in total. The molecule has 1 amide bonds. The minimum absolute atomic E-state index is 0.00982. The van der Waals surface area contributed by atoms with E-state index in [0.717, 1.165) is 42.9 Å². The average Bonchev–Trinajstić information content (AvgIpc) is 3.23. The molecule has 2 aromatic heterocycles. The number of aryl methyl sites for hydroxylation is 2. The standard InChI is InChI=1S/C18H19FN6O/c1-12-8-20-22-17(12)18(26)24-9-13(10-24)6-7-25-11-16(21-23-25)14-2-4-15(19)5-3-14/h2-5,8,11,13H,6-7,9-10H2,1H3,(H,20,22). The van der Waals surface area contributed by atoms with Crippen molar-refractivity contribution in [3.8, 4) is 11.3 Å². The van der Waals surface area contributed by atoms with Crippen LogP contribution in [0.2, 0.25) is 0 Å². The van der Waals surface area contributed by atoms with Gasteiger partial charge in [0.2, 0.25) is 0 Å². The topological polar surface area (TPSA) is 79.7 Å². The molecule has 134 valence electrons. The third-order valence-corrected chi connectivity index (χ3v) is 4.73. The number of amides is 1. The minimum Gasteiger partial charge on any atom is -0.337 e. The highest BCUT2D eigenvalue weighted by molar-refractivity contribution is 5.94. The number of hydrogen-bond donors (Lipinski definition) is 1. The molecule has 0 unspecified atom stereocenters. The summed E-state index contributed by atoms with van der Waals surface area (Å²) in [6.45, 7) is 4.11. The fourth-order valence-corrected chi connectivity index (χ4v) is 3.11. The molecule has 0 saturated carbocycles. The van der Waals surface area contributed by atoms with Crippen LogP contribution in [0.3, 0.4) is 0 Å². The smallest absolute Gasteiger partial charge is 0.272 e. The van der Waals surface area contributed by atoms with E-state index in [-0.39, 0.29) is 11.7 Å². The molecule has 1 aliphatic rings. The van der Waals surface area contributed by atoms with Crippen molar-refractivity contribution in [3.63, 3.8) is 0 Å². The van der Waals surface area contributed by atoms with E-state index in [1.165, 1.54) is 12.1 Å². The van der Waals surface area contributed by atoms with Crippen LogP contribution < -0.4 is 0 Å². The summed E-state index contributed by atoms with van der Waals surface area (Å²) in [4.78, 5) is 14.1. The Morgan fingerprint density at radius 1 is 1.31 bits per heavy atom. The largest absolute Gasteiger partial charge is 0.337 e. The van der Waals surface area contributed by atoms with Gasteiger partial charge in [0.05, 0.1) is 12.4 Å². The van der Waals surface area contributed by atoms with Gasteiger partial charge in [-0.05, 0) is 49.1 Å². The third kappa shape index (κ3) is 3.22. The lowest BCUT2D eigenvalue weighted by Crippen LogP contribution is -2.50. The highest BCUT2D eigenvalue weighted by Crippen LogP contribution is 2.23. The molecule has 0 atom stereocenters. The molecule has 3 heterocycles. The number of halogens is 1. The van der Waals surface area contributed by atoms with E-state index in [0.29, 0.717) is 11.6 Å². The number of H-pyrrole nitrogens is 1. The second-order valence-electron chi connectivity index (χ2n) is 6.67. The van der Waals surface area contributed by atoms with Gasteiger partial charge >= 0.3 is 0 Å². The van der Waals surface area contributed by atoms with E-state index in [1.807, 2.05) is 18.0 Å². The normalized spacial score (nSPS) is 14.5. The zero-order valence-corrected chi connectivity index (χ0v) is 14.4. The fourth-order valence-electron chi connectivity index (χ4n) is 3.11. The summed E-state index contributed by atoms with van der Waals surface area (Å²) in [5.74, 6) is 0.201. The zero-order chi connectivity index (χ0) is 18.1. The SMILES string of the molecule is Cc1cn[nH]c1C(=O)N1CC(CCn2cc(-c3ccc(F)cc3)nn2)C1. The molecule has 0 radical (unpaired) electrons. The molecular formula is C18H19FN6O. The van der Waals surface area contributed by atoms with Crippen LogP contribution in [-0.2, 0) is 6.54 Å². The van der Waals surface area contributed by atoms with E-state index in [2.05, 4.69) is 20.5 Å². The van der Waals surface area contributed by atoms with Crippen LogP contribution in [-0.4, -0.2) is 49.1 Å². The molecule has 1 N–H and O–H groups in total. The molecule has 1 fully saturated rings. The van der Waals surface area contributed by atoms with Crippen LogP contribution in [0.15, 0.2) is 36.7 Å². The van der Waals surface area contributed by atoms with Crippen molar-refractivity contribution in [1.82, 2.24) is 30.1 Å². The highest BCUT2D eigenvalue weighted by Gasteiger charge is 2.32. The molecule has 0 bridgehead atoms. The summed E-state index contributed by atoms with van der Waals surface area (Å²) in [6.07, 6.45) is 4.45. The lowest BCUT2D eigenvalue weighted by atomic mass is 9.95. The van der Waals surface area contributed by atoms with Gasteiger partial charge in [0.25, 0.3) is 5.91 Å². The summed E-state index contributed by atoms with van der Waals surface area (Å²) >= 11 is 0. The van der Waals surface area contributed by atoms with Crippen LogP contribution in [0.25, 0.3) is 11.3 Å². The van der Waals surface area contributed by atoms with Gasteiger partial charge in [-0.3, -0.25) is 14.6 Å².